The van der Waals surface area contributed by atoms with Gasteiger partial charge in [0.25, 0.3) is 0 Å². The average molecular weight is 190 g/mol. The highest BCUT2D eigenvalue weighted by Gasteiger charge is 2.31. The molecule has 0 aromatic heterocycles. The van der Waals surface area contributed by atoms with Gasteiger partial charge >= 0.3 is 11.9 Å². The van der Waals surface area contributed by atoms with Crippen molar-refractivity contribution in [2.24, 2.45) is 17.4 Å². The molecule has 0 heterocycles. The fourth-order valence-corrected chi connectivity index (χ4v) is 0.757. The van der Waals surface area contributed by atoms with Gasteiger partial charge in [-0.1, -0.05) is 0 Å². The van der Waals surface area contributed by atoms with Crippen LogP contribution in [0, 0.1) is 5.92 Å². The highest BCUT2D eigenvalue weighted by atomic mass is 16.4. The van der Waals surface area contributed by atoms with E-state index in [1.54, 1.807) is 0 Å². The molecule has 6 N–H and O–H groups in total. The predicted molar refractivity (Wildman–Crippen MR) is 40.5 cm³/mol. The van der Waals surface area contributed by atoms with Gasteiger partial charge in [-0.3, -0.25) is 14.4 Å². The molecular weight excluding hydrogens is 180 g/mol. The Morgan fingerprint density at radius 2 is 1.62 bits per heavy atom. The third kappa shape index (κ3) is 3.52. The van der Waals surface area contributed by atoms with Gasteiger partial charge in [0.05, 0.1) is 5.92 Å². The smallest absolute Gasteiger partial charge is 0.321 e. The summed E-state index contributed by atoms with van der Waals surface area (Å²) in [5.41, 5.74) is 9.74. The van der Waals surface area contributed by atoms with Crippen LogP contribution in [0.15, 0.2) is 0 Å². The number of nitrogens with two attached hydrogens (primary N) is 2. The summed E-state index contributed by atoms with van der Waals surface area (Å²) in [6, 6.07) is -1.62. The maximum atomic E-state index is 10.4. The molecule has 0 aliphatic carbocycles. The second-order valence-electron chi connectivity index (χ2n) is 2.48. The maximum Gasteiger partial charge on any atom is 0.321 e. The number of aliphatic carboxylic acids is 2. The second kappa shape index (κ2) is 4.41. The van der Waals surface area contributed by atoms with Crippen molar-refractivity contribution in [1.29, 1.82) is 0 Å². The fourth-order valence-electron chi connectivity index (χ4n) is 0.757. The molecule has 0 spiro atoms. The van der Waals surface area contributed by atoms with Crippen LogP contribution in [0.2, 0.25) is 0 Å². The molecule has 0 aliphatic heterocycles. The van der Waals surface area contributed by atoms with Crippen LogP contribution in [0.5, 0.6) is 0 Å². The Kier molecular flexibility index (Phi) is 3.86. The lowest BCUT2D eigenvalue weighted by atomic mass is 9.97. The summed E-state index contributed by atoms with van der Waals surface area (Å²) in [7, 11) is 0. The number of hydrogen-bond donors (Lipinski definition) is 4. The van der Waals surface area contributed by atoms with Crippen LogP contribution in [0.25, 0.3) is 0 Å². The third-order valence-electron chi connectivity index (χ3n) is 1.46. The first kappa shape index (κ1) is 11.4. The van der Waals surface area contributed by atoms with Gasteiger partial charge in [0.2, 0.25) is 5.91 Å². The summed E-state index contributed by atoms with van der Waals surface area (Å²) >= 11 is 0. The molecular formula is C6H10N2O5. The number of carboxylic acids is 2. The summed E-state index contributed by atoms with van der Waals surface area (Å²) in [5.74, 6) is -5.30. The third-order valence-corrected chi connectivity index (χ3v) is 1.46. The quantitative estimate of drug-likeness (QED) is 0.393. The van der Waals surface area contributed by atoms with Crippen molar-refractivity contribution >= 4 is 17.8 Å². The van der Waals surface area contributed by atoms with E-state index in [9.17, 15) is 14.4 Å². The number of carboxylic acid groups (broad SMARTS) is 2. The van der Waals surface area contributed by atoms with E-state index in [-0.39, 0.29) is 0 Å². The zero-order chi connectivity index (χ0) is 10.6. The molecule has 0 aromatic carbocycles. The molecule has 13 heavy (non-hydrogen) atoms. The van der Waals surface area contributed by atoms with Gasteiger partial charge in [0, 0.05) is 6.42 Å². The minimum atomic E-state index is -1.62. The van der Waals surface area contributed by atoms with E-state index >= 15 is 0 Å². The molecule has 0 saturated carbocycles. The minimum absolute atomic E-state index is 0.581. The van der Waals surface area contributed by atoms with E-state index < -0.39 is 36.2 Å². The summed E-state index contributed by atoms with van der Waals surface area (Å²) < 4.78 is 0. The van der Waals surface area contributed by atoms with Crippen molar-refractivity contribution < 1.29 is 24.6 Å². The van der Waals surface area contributed by atoms with Crippen molar-refractivity contribution in [1.82, 2.24) is 0 Å². The number of primary amides is 1. The molecule has 74 valence electrons. The first-order valence-corrected chi connectivity index (χ1v) is 3.35. The molecule has 2 atom stereocenters. The molecule has 0 aliphatic rings. The molecule has 7 heteroatoms. The maximum absolute atomic E-state index is 10.4. The average Bonchev–Trinajstić information content (AvgIpc) is 1.97. The van der Waals surface area contributed by atoms with E-state index in [0.29, 0.717) is 0 Å². The van der Waals surface area contributed by atoms with E-state index in [2.05, 4.69) is 0 Å². The van der Waals surface area contributed by atoms with Crippen LogP contribution < -0.4 is 11.5 Å². The first-order valence-electron chi connectivity index (χ1n) is 3.35. The van der Waals surface area contributed by atoms with Crippen molar-refractivity contribution in [3.05, 3.63) is 0 Å². The predicted octanol–water partition coefficient (Wildman–Crippen LogP) is -2.03. The number of carbonyl (C=O) groups is 3. The summed E-state index contributed by atoms with van der Waals surface area (Å²) in [5, 5.41) is 16.9. The Morgan fingerprint density at radius 3 is 1.85 bits per heavy atom. The van der Waals surface area contributed by atoms with E-state index in [1.165, 1.54) is 0 Å². The lowest BCUT2D eigenvalue weighted by Gasteiger charge is -2.13. The monoisotopic (exact) mass is 190 g/mol. The molecule has 1 unspecified atom stereocenters. The lowest BCUT2D eigenvalue weighted by Crippen LogP contribution is -2.43. The SMILES string of the molecule is NC(=O)CC(C(=O)O)[C@H](N)C(=O)O. The number of amides is 1. The standard InChI is InChI=1S/C6H10N2O5/c7-3(9)1-2(5(10)11)4(8)6(12)13/h2,4H,1,8H2,(H2,7,9)(H,10,11)(H,12,13)/t2?,4-/m0/s1. The van der Waals surface area contributed by atoms with Gasteiger partial charge in [-0.25, -0.2) is 0 Å². The zero-order valence-electron chi connectivity index (χ0n) is 6.64. The van der Waals surface area contributed by atoms with Gasteiger partial charge in [0.15, 0.2) is 0 Å². The van der Waals surface area contributed by atoms with Crippen molar-refractivity contribution in [3.63, 3.8) is 0 Å². The van der Waals surface area contributed by atoms with Gasteiger partial charge in [-0.15, -0.1) is 0 Å². The summed E-state index contributed by atoms with van der Waals surface area (Å²) in [4.78, 5) is 31.1. The summed E-state index contributed by atoms with van der Waals surface area (Å²) in [6.45, 7) is 0. The van der Waals surface area contributed by atoms with Crippen LogP contribution in [0.1, 0.15) is 6.42 Å². The first-order chi connectivity index (χ1) is 5.86. The molecule has 0 aromatic rings. The topological polar surface area (TPSA) is 144 Å². The van der Waals surface area contributed by atoms with Gasteiger partial charge in [-0.05, 0) is 0 Å². The molecule has 0 bridgehead atoms. The van der Waals surface area contributed by atoms with E-state index in [1.807, 2.05) is 0 Å². The van der Waals surface area contributed by atoms with Gasteiger partial charge in [0.1, 0.15) is 6.04 Å². The Hall–Kier alpha value is -1.63. The molecule has 0 rings (SSSR count). The number of carbonyl (C=O) groups excluding carboxylic acids is 1. The van der Waals surface area contributed by atoms with E-state index in [4.69, 9.17) is 21.7 Å². The van der Waals surface area contributed by atoms with Crippen molar-refractivity contribution in [2.75, 3.05) is 0 Å². The second-order valence-corrected chi connectivity index (χ2v) is 2.48. The Balaban J connectivity index is 4.51. The van der Waals surface area contributed by atoms with Crippen LogP contribution in [-0.2, 0) is 14.4 Å². The van der Waals surface area contributed by atoms with Crippen LogP contribution in [0.4, 0.5) is 0 Å². The van der Waals surface area contributed by atoms with Crippen molar-refractivity contribution in [2.45, 2.75) is 12.5 Å². The van der Waals surface area contributed by atoms with E-state index in [0.717, 1.165) is 0 Å². The molecule has 1 amide bonds. The fraction of sp³-hybridized carbons (Fsp3) is 0.500. The van der Waals surface area contributed by atoms with Gasteiger partial charge < -0.3 is 21.7 Å². The van der Waals surface area contributed by atoms with Crippen LogP contribution >= 0.6 is 0 Å². The number of rotatable bonds is 5. The highest BCUT2D eigenvalue weighted by molar-refractivity contribution is 5.87. The summed E-state index contributed by atoms with van der Waals surface area (Å²) in [6.07, 6.45) is -0.581. The van der Waals surface area contributed by atoms with Crippen LogP contribution in [-0.4, -0.2) is 34.1 Å². The lowest BCUT2D eigenvalue weighted by molar-refractivity contribution is -0.151. The molecule has 0 saturated heterocycles. The molecule has 0 radical (unpaired) electrons. The molecule has 7 nitrogen and oxygen atoms in total. The number of hydrogen-bond acceptors (Lipinski definition) is 4. The molecule has 0 fully saturated rings. The zero-order valence-corrected chi connectivity index (χ0v) is 6.64. The largest absolute Gasteiger partial charge is 0.481 e. The normalized spacial score (nSPS) is 14.5. The minimum Gasteiger partial charge on any atom is -0.481 e. The van der Waals surface area contributed by atoms with Crippen LogP contribution in [0.3, 0.4) is 0 Å². The van der Waals surface area contributed by atoms with Gasteiger partial charge in [-0.2, -0.15) is 0 Å². The Morgan fingerprint density at radius 1 is 1.15 bits per heavy atom. The van der Waals surface area contributed by atoms with Crippen molar-refractivity contribution in [3.8, 4) is 0 Å². The Labute approximate surface area is 73.3 Å². The highest BCUT2D eigenvalue weighted by Crippen LogP contribution is 2.07. The Bertz CT molecular complexity index is 239.